The van der Waals surface area contributed by atoms with Gasteiger partial charge in [0, 0.05) is 19.3 Å². The van der Waals surface area contributed by atoms with Crippen LogP contribution in [0.5, 0.6) is 0 Å². The average Bonchev–Trinajstić information content (AvgIpc) is 3.39. The lowest BCUT2D eigenvalue weighted by Crippen LogP contribution is -2.30. The Balaban J connectivity index is 4.23. The second kappa shape index (κ2) is 61.1. The molecule has 0 aromatic heterocycles. The maximum Gasteiger partial charge on any atom is 0.306 e. The van der Waals surface area contributed by atoms with Gasteiger partial charge in [-0.3, -0.25) is 14.4 Å². The van der Waals surface area contributed by atoms with Crippen LogP contribution >= 0.6 is 0 Å². The normalized spacial score (nSPS) is 12.6. The number of unbranched alkanes of at least 4 members (excludes halogenated alkanes) is 31. The summed E-state index contributed by atoms with van der Waals surface area (Å²) in [5.41, 5.74) is 0. The van der Waals surface area contributed by atoms with Gasteiger partial charge in [-0.2, -0.15) is 0 Å². The molecule has 0 rings (SSSR count). The summed E-state index contributed by atoms with van der Waals surface area (Å²) < 4.78 is 16.9. The Bertz CT molecular complexity index is 1400. The molecule has 0 aliphatic rings. The van der Waals surface area contributed by atoms with E-state index < -0.39 is 6.10 Å². The van der Waals surface area contributed by atoms with Crippen LogP contribution in [0.1, 0.15) is 303 Å². The summed E-state index contributed by atoms with van der Waals surface area (Å²) in [5, 5.41) is 0. The molecule has 0 saturated heterocycles. The summed E-state index contributed by atoms with van der Waals surface area (Å²) in [6, 6.07) is 0. The molecule has 0 bridgehead atoms. The van der Waals surface area contributed by atoms with E-state index in [9.17, 15) is 14.4 Å². The van der Waals surface area contributed by atoms with Crippen molar-refractivity contribution in [2.24, 2.45) is 0 Å². The number of ether oxygens (including phenoxy) is 3. The third kappa shape index (κ3) is 59.3. The summed E-state index contributed by atoms with van der Waals surface area (Å²) in [7, 11) is 0. The highest BCUT2D eigenvalue weighted by Crippen LogP contribution is 2.16. The second-order valence-electron chi connectivity index (χ2n) is 20.6. The molecule has 0 fully saturated rings. The van der Waals surface area contributed by atoms with Gasteiger partial charge in [-0.05, 0) is 96.3 Å². The van der Waals surface area contributed by atoms with Crippen molar-refractivity contribution >= 4 is 17.9 Å². The Morgan fingerprint density at radius 2 is 0.534 bits per heavy atom. The van der Waals surface area contributed by atoms with Crippen molar-refractivity contribution in [1.82, 2.24) is 0 Å². The Hall–Kier alpha value is -3.41. The molecule has 420 valence electrons. The highest BCUT2D eigenvalue weighted by atomic mass is 16.6. The molecule has 1 unspecified atom stereocenters. The van der Waals surface area contributed by atoms with E-state index >= 15 is 0 Å². The first kappa shape index (κ1) is 69.6. The number of hydrogen-bond acceptors (Lipinski definition) is 6. The number of hydrogen-bond donors (Lipinski definition) is 0. The predicted molar refractivity (Wildman–Crippen MR) is 316 cm³/mol. The maximum atomic E-state index is 12.9. The minimum Gasteiger partial charge on any atom is -0.462 e. The Morgan fingerprint density at radius 3 is 0.849 bits per heavy atom. The lowest BCUT2D eigenvalue weighted by molar-refractivity contribution is -0.167. The van der Waals surface area contributed by atoms with E-state index in [0.717, 1.165) is 109 Å². The van der Waals surface area contributed by atoms with E-state index in [1.54, 1.807) is 0 Å². The number of allylic oxidation sites excluding steroid dienone is 14. The SMILES string of the molecule is CC/C=C\C/C=C\C/C=C\C/C=C\C/C=C\C/C=C\CCCCCCCCCCCCC(=O)OCC(COC(=O)CCCCCCCCCCCCC)OC(=O)CCCCCCC/C=C\CCCCCCCC. The van der Waals surface area contributed by atoms with Crippen LogP contribution in [0.25, 0.3) is 0 Å². The predicted octanol–water partition coefficient (Wildman–Crippen LogP) is 21.1. The van der Waals surface area contributed by atoms with Crippen LogP contribution in [0, 0.1) is 0 Å². The molecular weight excluding hydrogens is 901 g/mol. The van der Waals surface area contributed by atoms with Crippen molar-refractivity contribution in [1.29, 1.82) is 0 Å². The van der Waals surface area contributed by atoms with Crippen molar-refractivity contribution in [3.05, 3.63) is 85.1 Å². The first-order valence-corrected chi connectivity index (χ1v) is 31.1. The van der Waals surface area contributed by atoms with Gasteiger partial charge in [-0.1, -0.05) is 273 Å². The molecule has 0 heterocycles. The van der Waals surface area contributed by atoms with Crippen LogP contribution in [0.4, 0.5) is 0 Å². The average molecular weight is 1020 g/mol. The summed E-state index contributed by atoms with van der Waals surface area (Å²) >= 11 is 0. The largest absolute Gasteiger partial charge is 0.462 e. The molecule has 6 nitrogen and oxygen atoms in total. The molecule has 1 atom stereocenters. The quantitative estimate of drug-likeness (QED) is 0.0261. The molecule has 0 aliphatic heterocycles. The summed E-state index contributed by atoms with van der Waals surface area (Å²) in [5.74, 6) is -0.881. The molecule has 0 N–H and O–H groups in total. The Labute approximate surface area is 452 Å². The molecule has 0 aromatic rings. The smallest absolute Gasteiger partial charge is 0.306 e. The topological polar surface area (TPSA) is 78.9 Å². The highest BCUT2D eigenvalue weighted by molar-refractivity contribution is 5.71. The van der Waals surface area contributed by atoms with Crippen LogP contribution in [0.15, 0.2) is 85.1 Å². The first-order chi connectivity index (χ1) is 36.0. The third-order valence-electron chi connectivity index (χ3n) is 13.4. The van der Waals surface area contributed by atoms with E-state index in [2.05, 4.69) is 106 Å². The van der Waals surface area contributed by atoms with Gasteiger partial charge < -0.3 is 14.2 Å². The van der Waals surface area contributed by atoms with Gasteiger partial charge in [-0.25, -0.2) is 0 Å². The van der Waals surface area contributed by atoms with Gasteiger partial charge >= 0.3 is 17.9 Å². The number of rotatable bonds is 56. The molecule has 0 amide bonds. The van der Waals surface area contributed by atoms with E-state index in [1.165, 1.54) is 154 Å². The highest BCUT2D eigenvalue weighted by Gasteiger charge is 2.19. The minimum atomic E-state index is -0.780. The van der Waals surface area contributed by atoms with Crippen LogP contribution in [-0.4, -0.2) is 37.2 Å². The number of esters is 3. The van der Waals surface area contributed by atoms with Gasteiger partial charge in [0.1, 0.15) is 13.2 Å². The van der Waals surface area contributed by atoms with Gasteiger partial charge in [0.25, 0.3) is 0 Å². The zero-order chi connectivity index (χ0) is 52.9. The van der Waals surface area contributed by atoms with Gasteiger partial charge in [0.2, 0.25) is 0 Å². The number of carbonyl (C=O) groups excluding carboxylic acids is 3. The van der Waals surface area contributed by atoms with Crippen molar-refractivity contribution in [2.75, 3.05) is 13.2 Å². The lowest BCUT2D eigenvalue weighted by Gasteiger charge is -2.18. The van der Waals surface area contributed by atoms with Gasteiger partial charge in [-0.15, -0.1) is 0 Å². The van der Waals surface area contributed by atoms with Crippen molar-refractivity contribution in [2.45, 2.75) is 309 Å². The molecule has 0 aromatic carbocycles. The van der Waals surface area contributed by atoms with E-state index in [1.807, 2.05) is 0 Å². The maximum absolute atomic E-state index is 12.9. The zero-order valence-corrected chi connectivity index (χ0v) is 48.1. The Morgan fingerprint density at radius 1 is 0.288 bits per heavy atom. The monoisotopic (exact) mass is 1020 g/mol. The van der Waals surface area contributed by atoms with Gasteiger partial charge in [0.15, 0.2) is 6.10 Å². The molecule has 73 heavy (non-hydrogen) atoms. The molecule has 6 heteroatoms. The fourth-order valence-corrected chi connectivity index (χ4v) is 8.74. The van der Waals surface area contributed by atoms with Crippen LogP contribution in [-0.2, 0) is 28.6 Å². The van der Waals surface area contributed by atoms with Crippen molar-refractivity contribution in [3.63, 3.8) is 0 Å². The third-order valence-corrected chi connectivity index (χ3v) is 13.4. The van der Waals surface area contributed by atoms with Crippen molar-refractivity contribution in [3.8, 4) is 0 Å². The van der Waals surface area contributed by atoms with Crippen LogP contribution in [0.2, 0.25) is 0 Å². The lowest BCUT2D eigenvalue weighted by atomic mass is 10.1. The summed E-state index contributed by atoms with van der Waals surface area (Å²) in [6.07, 6.45) is 80.1. The van der Waals surface area contributed by atoms with Gasteiger partial charge in [0.05, 0.1) is 0 Å². The summed E-state index contributed by atoms with van der Waals surface area (Å²) in [6.45, 7) is 6.53. The fraction of sp³-hybridized carbons (Fsp3) is 0.746. The summed E-state index contributed by atoms with van der Waals surface area (Å²) in [4.78, 5) is 38.2. The Kier molecular flexibility index (Phi) is 58.3. The van der Waals surface area contributed by atoms with E-state index in [0.29, 0.717) is 19.3 Å². The molecule has 0 spiro atoms. The fourth-order valence-electron chi connectivity index (χ4n) is 8.74. The molecule has 0 aliphatic carbocycles. The molecular formula is C67H116O6. The standard InChI is InChI=1S/C67H116O6/c1-4-7-10-13-16-19-22-24-26-27-28-29-30-31-32-33-34-35-36-37-38-39-41-42-45-48-51-54-57-60-66(69)72-63-64(62-71-65(68)59-56-53-50-47-44-21-18-15-12-9-6-3)73-67(70)61-58-55-52-49-46-43-40-25-23-20-17-14-11-8-5-2/h7,10,16,19,24-26,28-29,31-32,34-35,40,64H,4-6,8-9,11-15,17-18,20-23,27,30,33,36-39,41-63H2,1-3H3/b10-7-,19-16-,26-24-,29-28-,32-31-,35-34-,40-25-. The second-order valence-corrected chi connectivity index (χ2v) is 20.6. The van der Waals surface area contributed by atoms with E-state index in [4.69, 9.17) is 14.2 Å². The molecule has 0 saturated carbocycles. The zero-order valence-electron chi connectivity index (χ0n) is 48.1. The van der Waals surface area contributed by atoms with Crippen LogP contribution in [0.3, 0.4) is 0 Å². The van der Waals surface area contributed by atoms with Crippen LogP contribution < -0.4 is 0 Å². The van der Waals surface area contributed by atoms with Crippen molar-refractivity contribution < 1.29 is 28.6 Å². The minimum absolute atomic E-state index is 0.0776. The number of carbonyl (C=O) groups is 3. The van der Waals surface area contributed by atoms with E-state index in [-0.39, 0.29) is 31.1 Å². The first-order valence-electron chi connectivity index (χ1n) is 31.1. The molecule has 0 radical (unpaired) electrons.